The van der Waals surface area contributed by atoms with E-state index < -0.39 is 0 Å². The van der Waals surface area contributed by atoms with Crippen molar-refractivity contribution in [2.24, 2.45) is 11.3 Å². The molecule has 82 valence electrons. The average molecular weight is 208 g/mol. The highest BCUT2D eigenvalue weighted by molar-refractivity contribution is 5.18. The molecule has 1 nitrogen and oxygen atoms in total. The van der Waals surface area contributed by atoms with Gasteiger partial charge >= 0.3 is 0 Å². The molecule has 0 heterocycles. The maximum Gasteiger partial charge on any atom is 0.123 e. The van der Waals surface area contributed by atoms with Gasteiger partial charge in [0, 0.05) is 0 Å². The lowest BCUT2D eigenvalue weighted by molar-refractivity contribution is 0.137. The molecule has 0 aromatic heterocycles. The van der Waals surface area contributed by atoms with Gasteiger partial charge in [-0.25, -0.2) is 4.39 Å². The first-order chi connectivity index (χ1) is 6.99. The van der Waals surface area contributed by atoms with E-state index in [0.29, 0.717) is 12.3 Å². The van der Waals surface area contributed by atoms with E-state index >= 15 is 0 Å². The Kier molecular flexibility index (Phi) is 2.55. The molecule has 0 radical (unpaired) electrons. The van der Waals surface area contributed by atoms with Crippen LogP contribution in [0.25, 0.3) is 0 Å². The summed E-state index contributed by atoms with van der Waals surface area (Å²) in [6.07, 6.45) is 1.30. The molecule has 1 saturated carbocycles. The van der Waals surface area contributed by atoms with Gasteiger partial charge in [0.2, 0.25) is 0 Å². The van der Waals surface area contributed by atoms with Crippen LogP contribution in [-0.2, 0) is 6.42 Å². The highest BCUT2D eigenvalue weighted by atomic mass is 19.1. The van der Waals surface area contributed by atoms with Gasteiger partial charge in [0.1, 0.15) is 5.82 Å². The normalized spacial score (nSPS) is 24.9. The lowest BCUT2D eigenvalue weighted by Gasteiger charge is -2.12. The van der Waals surface area contributed by atoms with E-state index in [4.69, 9.17) is 0 Å². The SMILES string of the molecule is CC1(C)CC1C(O)Cc1cccc(F)c1. The number of benzene rings is 1. The molecule has 2 atom stereocenters. The van der Waals surface area contributed by atoms with Gasteiger partial charge in [-0.1, -0.05) is 26.0 Å². The second kappa shape index (κ2) is 3.60. The van der Waals surface area contributed by atoms with Gasteiger partial charge in [0.25, 0.3) is 0 Å². The van der Waals surface area contributed by atoms with E-state index in [1.54, 1.807) is 6.07 Å². The Morgan fingerprint density at radius 2 is 2.20 bits per heavy atom. The molecule has 15 heavy (non-hydrogen) atoms. The Balaban J connectivity index is 1.98. The quantitative estimate of drug-likeness (QED) is 0.809. The summed E-state index contributed by atoms with van der Waals surface area (Å²) in [6.45, 7) is 4.32. The summed E-state index contributed by atoms with van der Waals surface area (Å²) in [4.78, 5) is 0. The van der Waals surface area contributed by atoms with Gasteiger partial charge in [0.05, 0.1) is 6.10 Å². The molecule has 0 amide bonds. The van der Waals surface area contributed by atoms with E-state index in [0.717, 1.165) is 12.0 Å². The Bertz CT molecular complexity index is 359. The molecule has 1 aromatic carbocycles. The second-order valence-corrected chi connectivity index (χ2v) is 5.20. The van der Waals surface area contributed by atoms with Crippen LogP contribution < -0.4 is 0 Å². The van der Waals surface area contributed by atoms with E-state index in [1.165, 1.54) is 12.1 Å². The van der Waals surface area contributed by atoms with Gasteiger partial charge < -0.3 is 5.11 Å². The van der Waals surface area contributed by atoms with Crippen LogP contribution in [-0.4, -0.2) is 11.2 Å². The largest absolute Gasteiger partial charge is 0.392 e. The first-order valence-corrected chi connectivity index (χ1v) is 5.41. The molecule has 0 bridgehead atoms. The zero-order chi connectivity index (χ0) is 11.1. The van der Waals surface area contributed by atoms with Crippen LogP contribution >= 0.6 is 0 Å². The Hall–Kier alpha value is -0.890. The summed E-state index contributed by atoms with van der Waals surface area (Å²) in [7, 11) is 0. The first kappa shape index (κ1) is 10.6. The number of aliphatic hydroxyl groups is 1. The number of aliphatic hydroxyl groups excluding tert-OH is 1. The highest BCUT2D eigenvalue weighted by Crippen LogP contribution is 2.53. The van der Waals surface area contributed by atoms with Crippen molar-refractivity contribution in [2.75, 3.05) is 0 Å². The third-order valence-corrected chi connectivity index (χ3v) is 3.39. The topological polar surface area (TPSA) is 20.2 Å². The van der Waals surface area contributed by atoms with Crippen molar-refractivity contribution in [3.63, 3.8) is 0 Å². The van der Waals surface area contributed by atoms with Crippen LogP contribution in [0.4, 0.5) is 4.39 Å². The average Bonchev–Trinajstić information content (AvgIpc) is 2.75. The maximum atomic E-state index is 12.9. The summed E-state index contributed by atoms with van der Waals surface area (Å²) in [5, 5.41) is 9.95. The zero-order valence-corrected chi connectivity index (χ0v) is 9.20. The van der Waals surface area contributed by atoms with Crippen molar-refractivity contribution >= 4 is 0 Å². The Labute approximate surface area is 89.9 Å². The molecule has 0 saturated heterocycles. The van der Waals surface area contributed by atoms with Crippen LogP contribution in [0.1, 0.15) is 25.8 Å². The maximum absolute atomic E-state index is 12.9. The molecule has 1 aliphatic rings. The molecule has 1 aliphatic carbocycles. The molecule has 1 aromatic rings. The fraction of sp³-hybridized carbons (Fsp3) is 0.538. The summed E-state index contributed by atoms with van der Waals surface area (Å²) >= 11 is 0. The van der Waals surface area contributed by atoms with E-state index in [1.807, 2.05) is 6.07 Å². The molecular formula is C13H17FO. The van der Waals surface area contributed by atoms with Crippen molar-refractivity contribution in [1.29, 1.82) is 0 Å². The van der Waals surface area contributed by atoms with Crippen molar-refractivity contribution in [2.45, 2.75) is 32.8 Å². The van der Waals surface area contributed by atoms with Crippen LogP contribution in [0.5, 0.6) is 0 Å². The van der Waals surface area contributed by atoms with E-state index in [2.05, 4.69) is 13.8 Å². The fourth-order valence-corrected chi connectivity index (χ4v) is 2.21. The minimum absolute atomic E-state index is 0.227. The number of halogens is 1. The molecule has 0 spiro atoms. The zero-order valence-electron chi connectivity index (χ0n) is 9.20. The smallest absolute Gasteiger partial charge is 0.123 e. The van der Waals surface area contributed by atoms with Gasteiger partial charge in [0.15, 0.2) is 0 Å². The molecule has 2 rings (SSSR count). The van der Waals surface area contributed by atoms with Gasteiger partial charge in [-0.05, 0) is 41.9 Å². The first-order valence-electron chi connectivity index (χ1n) is 5.41. The molecule has 2 unspecified atom stereocenters. The fourth-order valence-electron chi connectivity index (χ4n) is 2.21. The standard InChI is InChI=1S/C13H17FO/c1-13(2)8-11(13)12(15)7-9-4-3-5-10(14)6-9/h3-6,11-12,15H,7-8H2,1-2H3. The predicted octanol–water partition coefficient (Wildman–Crippen LogP) is 2.78. The number of hydrogen-bond acceptors (Lipinski definition) is 1. The van der Waals surface area contributed by atoms with Gasteiger partial charge in [-0.15, -0.1) is 0 Å². The minimum atomic E-state index is -0.332. The summed E-state index contributed by atoms with van der Waals surface area (Å²) in [5.41, 5.74) is 1.15. The number of rotatable bonds is 3. The molecule has 1 N–H and O–H groups in total. The van der Waals surface area contributed by atoms with E-state index in [9.17, 15) is 9.50 Å². The summed E-state index contributed by atoms with van der Waals surface area (Å²) < 4.78 is 12.9. The lowest BCUT2D eigenvalue weighted by atomic mass is 10.00. The Morgan fingerprint density at radius 3 is 2.73 bits per heavy atom. The van der Waals surface area contributed by atoms with Crippen molar-refractivity contribution in [3.05, 3.63) is 35.6 Å². The summed E-state index contributed by atoms with van der Waals surface area (Å²) in [5.74, 6) is 0.149. The minimum Gasteiger partial charge on any atom is -0.392 e. The number of hydrogen-bond donors (Lipinski definition) is 1. The second-order valence-electron chi connectivity index (χ2n) is 5.20. The van der Waals surface area contributed by atoms with Crippen molar-refractivity contribution < 1.29 is 9.50 Å². The monoisotopic (exact) mass is 208 g/mol. The highest BCUT2D eigenvalue weighted by Gasteiger charge is 2.49. The van der Waals surface area contributed by atoms with Crippen LogP contribution in [0, 0.1) is 17.2 Å². The third-order valence-electron chi connectivity index (χ3n) is 3.39. The van der Waals surface area contributed by atoms with E-state index in [-0.39, 0.29) is 17.3 Å². The summed E-state index contributed by atoms with van der Waals surface area (Å²) in [6, 6.07) is 6.48. The van der Waals surface area contributed by atoms with Crippen LogP contribution in [0.15, 0.2) is 24.3 Å². The molecule has 0 aliphatic heterocycles. The lowest BCUT2D eigenvalue weighted by Crippen LogP contribution is -2.16. The van der Waals surface area contributed by atoms with Crippen molar-refractivity contribution in [1.82, 2.24) is 0 Å². The van der Waals surface area contributed by atoms with Crippen LogP contribution in [0.2, 0.25) is 0 Å². The van der Waals surface area contributed by atoms with Crippen LogP contribution in [0.3, 0.4) is 0 Å². The van der Waals surface area contributed by atoms with Gasteiger partial charge in [-0.3, -0.25) is 0 Å². The molecule has 1 fully saturated rings. The third kappa shape index (κ3) is 2.37. The molecule has 2 heteroatoms. The molecular weight excluding hydrogens is 191 g/mol. The Morgan fingerprint density at radius 1 is 1.53 bits per heavy atom. The van der Waals surface area contributed by atoms with Crippen molar-refractivity contribution in [3.8, 4) is 0 Å². The van der Waals surface area contributed by atoms with Gasteiger partial charge in [-0.2, -0.15) is 0 Å². The predicted molar refractivity (Wildman–Crippen MR) is 58.0 cm³/mol.